The Balaban J connectivity index is 1.89. The van der Waals surface area contributed by atoms with Crippen molar-refractivity contribution in [3.05, 3.63) is 29.8 Å². The van der Waals surface area contributed by atoms with E-state index < -0.39 is 36.1 Å². The number of ether oxygens (including phenoxy) is 1. The van der Waals surface area contributed by atoms with Crippen molar-refractivity contribution in [1.29, 1.82) is 0 Å². The SMILES string of the molecule is CNC(=O)NC(=O)COC(=O)[C@]12CCC(=O)N1c1ccccc1C(=O)N2C. The van der Waals surface area contributed by atoms with Gasteiger partial charge in [-0.2, -0.15) is 0 Å². The van der Waals surface area contributed by atoms with Crippen molar-refractivity contribution in [1.82, 2.24) is 15.5 Å². The lowest BCUT2D eigenvalue weighted by Crippen LogP contribution is -2.67. The summed E-state index contributed by atoms with van der Waals surface area (Å²) in [5, 5.41) is 4.16. The van der Waals surface area contributed by atoms with Crippen LogP contribution in [0.25, 0.3) is 0 Å². The molecule has 2 aliphatic rings. The zero-order valence-corrected chi connectivity index (χ0v) is 14.8. The van der Waals surface area contributed by atoms with Crippen molar-refractivity contribution in [2.75, 3.05) is 25.6 Å². The fourth-order valence-electron chi connectivity index (χ4n) is 3.36. The highest BCUT2D eigenvalue weighted by molar-refractivity contribution is 6.15. The number of hydrogen-bond acceptors (Lipinski definition) is 6. The van der Waals surface area contributed by atoms with Gasteiger partial charge in [-0.25, -0.2) is 9.59 Å². The Morgan fingerprint density at radius 2 is 1.93 bits per heavy atom. The molecule has 1 aromatic carbocycles. The molecule has 0 unspecified atom stereocenters. The Morgan fingerprint density at radius 1 is 1.22 bits per heavy atom. The molecule has 2 aliphatic heterocycles. The molecular formula is C17H18N4O6. The number of urea groups is 1. The Bertz CT molecular complexity index is 854. The molecule has 0 saturated carbocycles. The van der Waals surface area contributed by atoms with E-state index in [1.165, 1.54) is 23.9 Å². The number of nitrogens with one attached hydrogen (secondary N) is 2. The number of carbonyl (C=O) groups is 5. The Labute approximate surface area is 154 Å². The van der Waals surface area contributed by atoms with Gasteiger partial charge in [0.25, 0.3) is 11.8 Å². The second-order valence-electron chi connectivity index (χ2n) is 6.13. The van der Waals surface area contributed by atoms with Gasteiger partial charge >= 0.3 is 12.0 Å². The number of rotatable bonds is 3. The van der Waals surface area contributed by atoms with Crippen LogP contribution < -0.4 is 15.5 Å². The van der Waals surface area contributed by atoms with Crippen molar-refractivity contribution in [2.24, 2.45) is 0 Å². The lowest BCUT2D eigenvalue weighted by atomic mass is 9.97. The quantitative estimate of drug-likeness (QED) is 0.693. The molecule has 27 heavy (non-hydrogen) atoms. The first-order valence-electron chi connectivity index (χ1n) is 8.22. The molecular weight excluding hydrogens is 356 g/mol. The van der Waals surface area contributed by atoms with Gasteiger partial charge in [0.2, 0.25) is 11.6 Å². The zero-order chi connectivity index (χ0) is 19.8. The van der Waals surface area contributed by atoms with Gasteiger partial charge in [0.15, 0.2) is 6.61 Å². The molecule has 5 amide bonds. The summed E-state index contributed by atoms with van der Waals surface area (Å²) >= 11 is 0. The van der Waals surface area contributed by atoms with Crippen LogP contribution in [0.4, 0.5) is 10.5 Å². The third-order valence-corrected chi connectivity index (χ3v) is 4.68. The lowest BCUT2D eigenvalue weighted by molar-refractivity contribution is -0.159. The maximum atomic E-state index is 12.9. The number of likely N-dealkylation sites (N-methyl/N-ethyl adjacent to an activating group) is 1. The van der Waals surface area contributed by atoms with Crippen LogP contribution >= 0.6 is 0 Å². The number of para-hydroxylation sites is 1. The zero-order valence-electron chi connectivity index (χ0n) is 14.8. The minimum absolute atomic E-state index is 0.0400. The molecule has 1 atom stereocenters. The molecule has 10 nitrogen and oxygen atoms in total. The van der Waals surface area contributed by atoms with E-state index in [2.05, 4.69) is 5.32 Å². The van der Waals surface area contributed by atoms with E-state index in [1.807, 2.05) is 5.32 Å². The number of carbonyl (C=O) groups excluding carboxylic acids is 5. The predicted molar refractivity (Wildman–Crippen MR) is 91.5 cm³/mol. The standard InChI is InChI=1S/C17H18N4O6/c1-18-16(26)19-12(22)9-27-15(25)17-8-7-13(23)21(17)11-6-4-3-5-10(11)14(24)20(17)2/h3-6H,7-9H2,1-2H3,(H2,18,19,22,26)/t17-/m0/s1. The van der Waals surface area contributed by atoms with Crippen LogP contribution in [0.1, 0.15) is 23.2 Å². The molecule has 1 fully saturated rings. The van der Waals surface area contributed by atoms with E-state index >= 15 is 0 Å². The Morgan fingerprint density at radius 3 is 2.63 bits per heavy atom. The summed E-state index contributed by atoms with van der Waals surface area (Å²) in [6.07, 6.45) is 0.0871. The van der Waals surface area contributed by atoms with Crippen molar-refractivity contribution in [3.63, 3.8) is 0 Å². The normalized spacial score (nSPS) is 20.7. The summed E-state index contributed by atoms with van der Waals surface area (Å²) in [7, 11) is 2.74. The minimum atomic E-state index is -1.66. The maximum absolute atomic E-state index is 12.9. The fraction of sp³-hybridized carbons (Fsp3) is 0.353. The molecule has 0 radical (unpaired) electrons. The smallest absolute Gasteiger partial charge is 0.354 e. The van der Waals surface area contributed by atoms with Crippen molar-refractivity contribution in [3.8, 4) is 0 Å². The van der Waals surface area contributed by atoms with E-state index in [4.69, 9.17) is 4.74 Å². The Hall–Kier alpha value is -3.43. The first-order chi connectivity index (χ1) is 12.8. The average Bonchev–Trinajstić information content (AvgIpc) is 3.02. The number of nitrogens with zero attached hydrogens (tertiary/aromatic N) is 2. The monoisotopic (exact) mass is 374 g/mol. The summed E-state index contributed by atoms with van der Waals surface area (Å²) in [5.41, 5.74) is -1.03. The molecule has 1 aromatic rings. The second kappa shape index (κ2) is 6.71. The first-order valence-corrected chi connectivity index (χ1v) is 8.22. The molecule has 142 valence electrons. The topological polar surface area (TPSA) is 125 Å². The van der Waals surface area contributed by atoms with Gasteiger partial charge in [-0.1, -0.05) is 12.1 Å². The van der Waals surface area contributed by atoms with E-state index in [9.17, 15) is 24.0 Å². The van der Waals surface area contributed by atoms with Crippen LogP contribution in [-0.4, -0.2) is 61.0 Å². The third-order valence-electron chi connectivity index (χ3n) is 4.68. The van der Waals surface area contributed by atoms with Crippen LogP contribution in [0.5, 0.6) is 0 Å². The summed E-state index contributed by atoms with van der Waals surface area (Å²) < 4.78 is 5.06. The van der Waals surface area contributed by atoms with Crippen LogP contribution in [0, 0.1) is 0 Å². The third kappa shape index (κ3) is 2.78. The fourth-order valence-corrected chi connectivity index (χ4v) is 3.36. The largest absolute Gasteiger partial charge is 0.452 e. The second-order valence-corrected chi connectivity index (χ2v) is 6.13. The molecule has 0 spiro atoms. The number of fused-ring (bicyclic) bond motifs is 3. The van der Waals surface area contributed by atoms with E-state index in [0.29, 0.717) is 11.3 Å². The van der Waals surface area contributed by atoms with Crippen LogP contribution in [-0.2, 0) is 19.1 Å². The lowest BCUT2D eigenvalue weighted by Gasteiger charge is -2.46. The van der Waals surface area contributed by atoms with Crippen LogP contribution in [0.2, 0.25) is 0 Å². The van der Waals surface area contributed by atoms with E-state index in [-0.39, 0.29) is 18.7 Å². The maximum Gasteiger partial charge on any atom is 0.354 e. The summed E-state index contributed by atoms with van der Waals surface area (Å²) in [6.45, 7) is -0.723. The van der Waals surface area contributed by atoms with Crippen molar-refractivity contribution >= 4 is 35.4 Å². The number of benzene rings is 1. The van der Waals surface area contributed by atoms with E-state index in [1.54, 1.807) is 24.3 Å². The van der Waals surface area contributed by atoms with Crippen molar-refractivity contribution in [2.45, 2.75) is 18.5 Å². The summed E-state index contributed by atoms with van der Waals surface area (Å²) in [6, 6.07) is 5.75. The van der Waals surface area contributed by atoms with Gasteiger partial charge in [-0.15, -0.1) is 0 Å². The molecule has 0 aliphatic carbocycles. The highest BCUT2D eigenvalue weighted by Gasteiger charge is 2.60. The highest BCUT2D eigenvalue weighted by atomic mass is 16.5. The molecule has 0 aromatic heterocycles. The van der Waals surface area contributed by atoms with Gasteiger partial charge in [0.1, 0.15) is 0 Å². The molecule has 10 heteroatoms. The first kappa shape index (κ1) is 18.4. The highest BCUT2D eigenvalue weighted by Crippen LogP contribution is 2.44. The number of anilines is 1. The van der Waals surface area contributed by atoms with E-state index in [0.717, 1.165) is 0 Å². The molecule has 1 saturated heterocycles. The molecule has 0 bridgehead atoms. The van der Waals surface area contributed by atoms with Crippen molar-refractivity contribution < 1.29 is 28.7 Å². The average molecular weight is 374 g/mol. The van der Waals surface area contributed by atoms with Crippen LogP contribution in [0.15, 0.2) is 24.3 Å². The number of imide groups is 1. The van der Waals surface area contributed by atoms with Gasteiger partial charge in [-0.3, -0.25) is 24.6 Å². The van der Waals surface area contributed by atoms with Gasteiger partial charge in [0.05, 0.1) is 11.3 Å². The molecule has 2 heterocycles. The van der Waals surface area contributed by atoms with Crippen LogP contribution in [0.3, 0.4) is 0 Å². The predicted octanol–water partition coefficient (Wildman–Crippen LogP) is -0.406. The molecule has 3 rings (SSSR count). The molecule has 2 N–H and O–H groups in total. The number of hydrogen-bond donors (Lipinski definition) is 2. The number of esters is 1. The number of amides is 5. The summed E-state index contributed by atoms with van der Waals surface area (Å²) in [5.74, 6) is -2.50. The van der Waals surface area contributed by atoms with Gasteiger partial charge < -0.3 is 15.0 Å². The van der Waals surface area contributed by atoms with Gasteiger partial charge in [-0.05, 0) is 12.1 Å². The van der Waals surface area contributed by atoms with Gasteiger partial charge in [0, 0.05) is 26.9 Å². The Kier molecular flexibility index (Phi) is 4.56. The minimum Gasteiger partial charge on any atom is -0.452 e. The summed E-state index contributed by atoms with van der Waals surface area (Å²) in [4.78, 5) is 63.4.